The summed E-state index contributed by atoms with van der Waals surface area (Å²) in [7, 11) is 0. The van der Waals surface area contributed by atoms with E-state index in [4.69, 9.17) is 9.72 Å². The van der Waals surface area contributed by atoms with Crippen LogP contribution in [0.25, 0.3) is 28.0 Å². The summed E-state index contributed by atoms with van der Waals surface area (Å²) in [6.07, 6.45) is 1.14. The predicted molar refractivity (Wildman–Crippen MR) is 153 cm³/mol. The molecule has 1 unspecified atom stereocenters. The number of amides is 1. The molecule has 0 saturated carbocycles. The number of carboxylic acids is 1. The summed E-state index contributed by atoms with van der Waals surface area (Å²) in [5, 5.41) is 12.7. The molecule has 0 radical (unpaired) electrons. The van der Waals surface area contributed by atoms with Crippen molar-refractivity contribution in [2.24, 2.45) is 0 Å². The van der Waals surface area contributed by atoms with Gasteiger partial charge in [-0.05, 0) is 47.7 Å². The lowest BCUT2D eigenvalue weighted by Gasteiger charge is -2.18. The largest absolute Gasteiger partial charge is 0.480 e. The Hall–Kier alpha value is -4.91. The lowest BCUT2D eigenvalue weighted by Crippen LogP contribution is -2.43. The molecule has 0 aliphatic heterocycles. The number of carbonyl (C=O) groups is 2. The number of carbonyl (C=O) groups excluding carboxylic acids is 1. The fourth-order valence-corrected chi connectivity index (χ4v) is 5.57. The second-order valence-electron chi connectivity index (χ2n) is 10.2. The van der Waals surface area contributed by atoms with E-state index in [1.54, 1.807) is 0 Å². The van der Waals surface area contributed by atoms with E-state index in [9.17, 15) is 14.7 Å². The number of imidazole rings is 1. The third-order valence-corrected chi connectivity index (χ3v) is 7.60. The summed E-state index contributed by atoms with van der Waals surface area (Å²) in [5.74, 6) is -1.26. The summed E-state index contributed by atoms with van der Waals surface area (Å²) in [4.78, 5) is 30.2. The van der Waals surface area contributed by atoms with Gasteiger partial charge >= 0.3 is 12.1 Å². The van der Waals surface area contributed by atoms with Gasteiger partial charge in [-0.15, -0.1) is 0 Å². The topological polar surface area (TPSA) is 92.9 Å². The second-order valence-corrected chi connectivity index (χ2v) is 10.2. The third kappa shape index (κ3) is 4.60. The highest BCUT2D eigenvalue weighted by molar-refractivity contribution is 5.82. The molecule has 40 heavy (non-hydrogen) atoms. The SMILES string of the molecule is Cc1ccc(-c2nc3c(C)cccn3c2CC(NC(=O)OCC2c3ccccc3-c3ccccc32)C(=O)O)cc1. The first-order chi connectivity index (χ1) is 19.4. The van der Waals surface area contributed by atoms with E-state index >= 15 is 0 Å². The molecular formula is C33H29N3O4. The van der Waals surface area contributed by atoms with Gasteiger partial charge in [-0.3, -0.25) is 0 Å². The predicted octanol–water partition coefficient (Wildman–Crippen LogP) is 6.15. The summed E-state index contributed by atoms with van der Waals surface area (Å²) in [5.41, 5.74) is 9.55. The maximum absolute atomic E-state index is 13.0. The monoisotopic (exact) mass is 531 g/mol. The number of fused-ring (bicyclic) bond motifs is 4. The van der Waals surface area contributed by atoms with Crippen LogP contribution >= 0.6 is 0 Å². The van der Waals surface area contributed by atoms with Crippen molar-refractivity contribution in [1.29, 1.82) is 0 Å². The van der Waals surface area contributed by atoms with Crippen LogP contribution in [0.1, 0.15) is 33.9 Å². The molecule has 1 atom stereocenters. The molecule has 200 valence electrons. The summed E-state index contributed by atoms with van der Waals surface area (Å²) in [6.45, 7) is 4.08. The van der Waals surface area contributed by atoms with E-state index in [0.29, 0.717) is 11.4 Å². The Balaban J connectivity index is 1.24. The summed E-state index contributed by atoms with van der Waals surface area (Å²) in [6, 6.07) is 26.8. The normalized spacial score (nSPS) is 13.1. The Bertz CT molecular complexity index is 1690. The van der Waals surface area contributed by atoms with E-state index in [2.05, 4.69) is 17.4 Å². The Morgan fingerprint density at radius 1 is 0.925 bits per heavy atom. The van der Waals surface area contributed by atoms with E-state index < -0.39 is 18.1 Å². The average Bonchev–Trinajstić information content (AvgIpc) is 3.48. The van der Waals surface area contributed by atoms with Crippen molar-refractivity contribution in [2.75, 3.05) is 6.61 Å². The van der Waals surface area contributed by atoms with Crippen molar-refractivity contribution >= 4 is 17.7 Å². The van der Waals surface area contributed by atoms with Crippen molar-refractivity contribution in [3.8, 4) is 22.4 Å². The Kier molecular flexibility index (Phi) is 6.56. The highest BCUT2D eigenvalue weighted by Gasteiger charge is 2.30. The van der Waals surface area contributed by atoms with Gasteiger partial charge in [0.05, 0.1) is 11.4 Å². The number of benzene rings is 3. The van der Waals surface area contributed by atoms with Crippen LogP contribution in [0, 0.1) is 13.8 Å². The van der Waals surface area contributed by atoms with E-state index in [0.717, 1.165) is 44.6 Å². The molecule has 0 saturated heterocycles. The highest BCUT2D eigenvalue weighted by Crippen LogP contribution is 2.44. The first kappa shape index (κ1) is 25.4. The Labute approximate surface area is 232 Å². The molecular weight excluding hydrogens is 502 g/mol. The number of nitrogens with one attached hydrogen (secondary N) is 1. The molecule has 1 aliphatic rings. The fourth-order valence-electron chi connectivity index (χ4n) is 5.57. The van der Waals surface area contributed by atoms with Crippen LogP contribution in [0.15, 0.2) is 91.1 Å². The number of rotatable bonds is 7. The number of nitrogens with zero attached hydrogens (tertiary/aromatic N) is 2. The Morgan fingerprint density at radius 3 is 2.23 bits per heavy atom. The van der Waals surface area contributed by atoms with Gasteiger partial charge in [0.2, 0.25) is 0 Å². The fraction of sp³-hybridized carbons (Fsp3) is 0.182. The van der Waals surface area contributed by atoms with Crippen LogP contribution in [0.4, 0.5) is 4.79 Å². The van der Waals surface area contributed by atoms with Gasteiger partial charge in [0, 0.05) is 24.1 Å². The summed E-state index contributed by atoms with van der Waals surface area (Å²) >= 11 is 0. The zero-order valence-corrected chi connectivity index (χ0v) is 22.3. The number of ether oxygens (including phenoxy) is 1. The van der Waals surface area contributed by atoms with Crippen LogP contribution in [-0.4, -0.2) is 39.2 Å². The van der Waals surface area contributed by atoms with Crippen molar-refractivity contribution in [2.45, 2.75) is 32.2 Å². The molecule has 2 aromatic heterocycles. The van der Waals surface area contributed by atoms with Gasteiger partial charge in [-0.25, -0.2) is 14.6 Å². The van der Waals surface area contributed by atoms with Crippen LogP contribution in [0.3, 0.4) is 0 Å². The first-order valence-electron chi connectivity index (χ1n) is 13.3. The number of hydrogen-bond acceptors (Lipinski definition) is 4. The molecule has 0 fully saturated rings. The Morgan fingerprint density at radius 2 is 1.57 bits per heavy atom. The van der Waals surface area contributed by atoms with Crippen LogP contribution in [0.5, 0.6) is 0 Å². The number of alkyl carbamates (subject to hydrolysis) is 1. The van der Waals surface area contributed by atoms with E-state index in [-0.39, 0.29) is 18.9 Å². The highest BCUT2D eigenvalue weighted by atomic mass is 16.5. The zero-order chi connectivity index (χ0) is 27.8. The van der Waals surface area contributed by atoms with Gasteiger partial charge in [-0.2, -0.15) is 0 Å². The van der Waals surface area contributed by atoms with Crippen molar-refractivity contribution < 1.29 is 19.4 Å². The van der Waals surface area contributed by atoms with Crippen LogP contribution in [0.2, 0.25) is 0 Å². The number of aryl methyl sites for hydroxylation is 2. The van der Waals surface area contributed by atoms with Gasteiger partial charge < -0.3 is 19.6 Å². The number of aromatic nitrogens is 2. The molecule has 6 rings (SSSR count). The minimum absolute atomic E-state index is 0.0351. The maximum atomic E-state index is 13.0. The lowest BCUT2D eigenvalue weighted by molar-refractivity contribution is -0.139. The van der Waals surface area contributed by atoms with Gasteiger partial charge in [-0.1, -0.05) is 84.4 Å². The molecule has 0 bridgehead atoms. The number of aliphatic carboxylic acids is 1. The second kappa shape index (κ2) is 10.3. The van der Waals surface area contributed by atoms with Crippen molar-refractivity contribution in [3.05, 3.63) is 119 Å². The minimum atomic E-state index is -1.21. The molecule has 0 spiro atoms. The quantitative estimate of drug-likeness (QED) is 0.263. The minimum Gasteiger partial charge on any atom is -0.480 e. The zero-order valence-electron chi connectivity index (χ0n) is 22.3. The van der Waals surface area contributed by atoms with Gasteiger partial charge in [0.15, 0.2) is 0 Å². The van der Waals surface area contributed by atoms with E-state index in [1.165, 1.54) is 0 Å². The maximum Gasteiger partial charge on any atom is 0.407 e. The number of carboxylic acid groups (broad SMARTS) is 1. The lowest BCUT2D eigenvalue weighted by atomic mass is 9.98. The first-order valence-corrected chi connectivity index (χ1v) is 13.3. The molecule has 3 aromatic carbocycles. The number of pyridine rings is 1. The number of hydrogen-bond donors (Lipinski definition) is 2. The van der Waals surface area contributed by atoms with Crippen molar-refractivity contribution in [3.63, 3.8) is 0 Å². The standard InChI is InChI=1S/C33H29N3O4/c1-20-13-15-22(16-14-20)30-29(36-17-7-8-21(2)31(36)35-30)18-28(32(37)38)34-33(39)40-19-27-25-11-5-3-9-23(25)24-10-4-6-12-26(24)27/h3-17,27-28H,18-19H2,1-2H3,(H,34,39)(H,37,38). The van der Waals surface area contributed by atoms with Crippen LogP contribution in [-0.2, 0) is 16.0 Å². The molecule has 1 aliphatic carbocycles. The third-order valence-electron chi connectivity index (χ3n) is 7.60. The molecule has 2 heterocycles. The molecule has 1 amide bonds. The van der Waals surface area contributed by atoms with Crippen LogP contribution < -0.4 is 5.32 Å². The van der Waals surface area contributed by atoms with Crippen molar-refractivity contribution in [1.82, 2.24) is 14.7 Å². The smallest absolute Gasteiger partial charge is 0.407 e. The van der Waals surface area contributed by atoms with Gasteiger partial charge in [0.1, 0.15) is 18.3 Å². The molecule has 7 heteroatoms. The van der Waals surface area contributed by atoms with E-state index in [1.807, 2.05) is 97.2 Å². The molecule has 2 N–H and O–H groups in total. The molecule has 7 nitrogen and oxygen atoms in total. The molecule has 5 aromatic rings. The van der Waals surface area contributed by atoms with Gasteiger partial charge in [0.25, 0.3) is 0 Å². The average molecular weight is 532 g/mol. The summed E-state index contributed by atoms with van der Waals surface area (Å²) < 4.78 is 7.54.